The van der Waals surface area contributed by atoms with Crippen molar-refractivity contribution in [1.29, 1.82) is 0 Å². The first kappa shape index (κ1) is 22.5. The SMILES string of the molecule is CCc1ccc2oc(Cc3ccc(NC(=S)NC(=O)c4sc5ccccc5c4Cl)cc3)nc2c1. The highest BCUT2D eigenvalue weighted by atomic mass is 35.5. The molecule has 0 radical (unpaired) electrons. The second-order valence-corrected chi connectivity index (χ2v) is 9.62. The Bertz CT molecular complexity index is 1520. The van der Waals surface area contributed by atoms with Gasteiger partial charge in [-0.1, -0.05) is 54.9 Å². The molecule has 2 aromatic heterocycles. The third-order valence-corrected chi connectivity index (χ3v) is 7.32. The van der Waals surface area contributed by atoms with Gasteiger partial charge in [0.05, 0.1) is 5.02 Å². The lowest BCUT2D eigenvalue weighted by molar-refractivity contribution is 0.0982. The smallest absolute Gasteiger partial charge is 0.269 e. The first-order valence-corrected chi connectivity index (χ1v) is 12.4. The Labute approximate surface area is 210 Å². The lowest BCUT2D eigenvalue weighted by Crippen LogP contribution is -2.33. The monoisotopic (exact) mass is 505 g/mol. The molecule has 5 nitrogen and oxygen atoms in total. The molecule has 5 rings (SSSR count). The van der Waals surface area contributed by atoms with Gasteiger partial charge in [-0.05, 0) is 60.1 Å². The molecule has 0 unspecified atom stereocenters. The number of aromatic nitrogens is 1. The minimum Gasteiger partial charge on any atom is -0.440 e. The number of benzene rings is 3. The fraction of sp³-hybridized carbons (Fsp3) is 0.115. The van der Waals surface area contributed by atoms with Crippen LogP contribution in [0, 0.1) is 0 Å². The number of rotatable bonds is 5. The van der Waals surface area contributed by atoms with E-state index in [2.05, 4.69) is 34.7 Å². The van der Waals surface area contributed by atoms with Gasteiger partial charge in [-0.25, -0.2) is 4.98 Å². The molecule has 0 spiro atoms. The molecular formula is C26H20ClN3O2S2. The Balaban J connectivity index is 1.22. The van der Waals surface area contributed by atoms with Crippen LogP contribution in [0.2, 0.25) is 5.02 Å². The Morgan fingerprint density at radius 1 is 1.09 bits per heavy atom. The van der Waals surface area contributed by atoms with Crippen LogP contribution in [0.1, 0.15) is 33.6 Å². The zero-order valence-electron chi connectivity index (χ0n) is 18.2. The molecule has 0 saturated heterocycles. The number of amides is 1. The van der Waals surface area contributed by atoms with E-state index in [1.54, 1.807) is 0 Å². The van der Waals surface area contributed by atoms with Crippen molar-refractivity contribution in [2.45, 2.75) is 19.8 Å². The summed E-state index contributed by atoms with van der Waals surface area (Å²) in [6, 6.07) is 21.5. The van der Waals surface area contributed by atoms with Crippen molar-refractivity contribution < 1.29 is 9.21 Å². The van der Waals surface area contributed by atoms with Crippen molar-refractivity contribution in [2.75, 3.05) is 5.32 Å². The van der Waals surface area contributed by atoms with Crippen LogP contribution < -0.4 is 10.6 Å². The van der Waals surface area contributed by atoms with E-state index >= 15 is 0 Å². The first-order chi connectivity index (χ1) is 16.5. The summed E-state index contributed by atoms with van der Waals surface area (Å²) in [5.41, 5.74) is 4.74. The number of thiocarbonyl (C=S) groups is 1. The average molecular weight is 506 g/mol. The molecule has 170 valence electrons. The van der Waals surface area contributed by atoms with Crippen molar-refractivity contribution in [2.24, 2.45) is 0 Å². The number of hydrogen-bond donors (Lipinski definition) is 2. The van der Waals surface area contributed by atoms with E-state index in [0.717, 1.165) is 38.9 Å². The van der Waals surface area contributed by atoms with E-state index in [0.29, 0.717) is 22.2 Å². The van der Waals surface area contributed by atoms with Gasteiger partial charge in [0, 0.05) is 22.2 Å². The second kappa shape index (κ2) is 9.54. The van der Waals surface area contributed by atoms with Gasteiger partial charge in [-0.15, -0.1) is 11.3 Å². The molecule has 2 heterocycles. The van der Waals surface area contributed by atoms with E-state index in [1.807, 2.05) is 54.6 Å². The van der Waals surface area contributed by atoms with Crippen LogP contribution in [0.3, 0.4) is 0 Å². The molecule has 5 aromatic rings. The highest BCUT2D eigenvalue weighted by molar-refractivity contribution is 7.80. The van der Waals surface area contributed by atoms with E-state index in [9.17, 15) is 4.79 Å². The number of halogens is 1. The van der Waals surface area contributed by atoms with E-state index in [1.165, 1.54) is 16.9 Å². The maximum atomic E-state index is 12.7. The zero-order chi connectivity index (χ0) is 23.7. The van der Waals surface area contributed by atoms with Gasteiger partial charge in [0.25, 0.3) is 5.91 Å². The summed E-state index contributed by atoms with van der Waals surface area (Å²) < 4.78 is 6.83. The summed E-state index contributed by atoms with van der Waals surface area (Å²) in [4.78, 5) is 17.7. The number of fused-ring (bicyclic) bond motifs is 2. The van der Waals surface area contributed by atoms with E-state index in [-0.39, 0.29) is 11.0 Å². The molecule has 3 aromatic carbocycles. The van der Waals surface area contributed by atoms with Crippen LogP contribution >= 0.6 is 35.2 Å². The lowest BCUT2D eigenvalue weighted by Gasteiger charge is -2.09. The molecule has 0 bridgehead atoms. The van der Waals surface area contributed by atoms with Crippen LogP contribution in [0.15, 0.2) is 71.1 Å². The number of oxazole rings is 1. The third-order valence-electron chi connectivity index (χ3n) is 5.44. The summed E-state index contributed by atoms with van der Waals surface area (Å²) in [7, 11) is 0. The quantitative estimate of drug-likeness (QED) is 0.252. The van der Waals surface area contributed by atoms with Crippen LogP contribution in [0.25, 0.3) is 21.2 Å². The maximum Gasteiger partial charge on any atom is 0.269 e. The average Bonchev–Trinajstić information content (AvgIpc) is 3.40. The van der Waals surface area contributed by atoms with Gasteiger partial charge in [-0.2, -0.15) is 0 Å². The molecule has 0 atom stereocenters. The van der Waals surface area contributed by atoms with Crippen LogP contribution in [-0.4, -0.2) is 16.0 Å². The molecule has 0 saturated carbocycles. The Kier molecular flexibility index (Phi) is 6.32. The van der Waals surface area contributed by atoms with Gasteiger partial charge in [0.2, 0.25) is 0 Å². The molecule has 8 heteroatoms. The molecule has 0 aliphatic carbocycles. The normalized spacial score (nSPS) is 11.1. The summed E-state index contributed by atoms with van der Waals surface area (Å²) in [6.07, 6.45) is 1.55. The van der Waals surface area contributed by atoms with Gasteiger partial charge in [0.15, 0.2) is 16.6 Å². The van der Waals surface area contributed by atoms with Gasteiger partial charge >= 0.3 is 0 Å². The Hall–Kier alpha value is -3.26. The largest absolute Gasteiger partial charge is 0.440 e. The molecule has 0 aliphatic heterocycles. The number of nitrogens with one attached hydrogen (secondary N) is 2. The summed E-state index contributed by atoms with van der Waals surface area (Å²) in [5, 5.41) is 7.26. The zero-order valence-corrected chi connectivity index (χ0v) is 20.6. The predicted molar refractivity (Wildman–Crippen MR) is 143 cm³/mol. The topological polar surface area (TPSA) is 67.2 Å². The van der Waals surface area contributed by atoms with Crippen molar-refractivity contribution >= 4 is 73.0 Å². The van der Waals surface area contributed by atoms with Crippen LogP contribution in [0.4, 0.5) is 5.69 Å². The standard InChI is InChI=1S/C26H20ClN3O2S2/c1-2-15-9-12-20-19(13-15)29-22(32-20)14-16-7-10-17(11-8-16)28-26(33)30-25(31)24-23(27)18-5-3-4-6-21(18)34-24/h3-13H,2,14H2,1H3,(H2,28,30,31,33). The number of anilines is 1. The number of carbonyl (C=O) groups excluding carboxylic acids is 1. The summed E-state index contributed by atoms with van der Waals surface area (Å²) >= 11 is 13.1. The number of nitrogens with zero attached hydrogens (tertiary/aromatic N) is 1. The maximum absolute atomic E-state index is 12.7. The van der Waals surface area contributed by atoms with E-state index < -0.39 is 0 Å². The fourth-order valence-electron chi connectivity index (χ4n) is 3.68. The minimum atomic E-state index is -0.331. The lowest BCUT2D eigenvalue weighted by atomic mass is 10.1. The minimum absolute atomic E-state index is 0.206. The second-order valence-electron chi connectivity index (χ2n) is 7.79. The molecule has 34 heavy (non-hydrogen) atoms. The van der Waals surface area contributed by atoms with Crippen molar-refractivity contribution in [3.63, 3.8) is 0 Å². The molecular weight excluding hydrogens is 486 g/mol. The number of carbonyl (C=O) groups is 1. The molecule has 0 fully saturated rings. The highest BCUT2D eigenvalue weighted by Crippen LogP contribution is 2.35. The first-order valence-electron chi connectivity index (χ1n) is 10.8. The van der Waals surface area contributed by atoms with Crippen molar-refractivity contribution in [1.82, 2.24) is 10.3 Å². The third kappa shape index (κ3) is 4.68. The van der Waals surface area contributed by atoms with Crippen LogP contribution in [0.5, 0.6) is 0 Å². The van der Waals surface area contributed by atoms with Gasteiger partial charge < -0.3 is 9.73 Å². The molecule has 1 amide bonds. The van der Waals surface area contributed by atoms with Gasteiger partial charge in [0.1, 0.15) is 10.4 Å². The van der Waals surface area contributed by atoms with Crippen molar-refractivity contribution in [3.05, 3.63) is 93.6 Å². The summed E-state index contributed by atoms with van der Waals surface area (Å²) in [5.74, 6) is 0.342. The Morgan fingerprint density at radius 3 is 2.62 bits per heavy atom. The number of aryl methyl sites for hydroxylation is 1. The van der Waals surface area contributed by atoms with Crippen molar-refractivity contribution in [3.8, 4) is 0 Å². The Morgan fingerprint density at radius 2 is 1.85 bits per heavy atom. The van der Waals surface area contributed by atoms with Crippen LogP contribution in [-0.2, 0) is 12.8 Å². The molecule has 0 aliphatic rings. The fourth-order valence-corrected chi connectivity index (χ4v) is 5.30. The predicted octanol–water partition coefficient (Wildman–Crippen LogP) is 6.98. The number of hydrogen-bond acceptors (Lipinski definition) is 5. The highest BCUT2D eigenvalue weighted by Gasteiger charge is 2.18. The molecule has 2 N–H and O–H groups in total. The van der Waals surface area contributed by atoms with E-state index in [4.69, 9.17) is 28.2 Å². The number of thiophene rings is 1. The van der Waals surface area contributed by atoms with Gasteiger partial charge in [-0.3, -0.25) is 10.1 Å². The summed E-state index contributed by atoms with van der Waals surface area (Å²) in [6.45, 7) is 2.12.